The number of hydrogen-bond acceptors (Lipinski definition) is 2. The zero-order valence-corrected chi connectivity index (χ0v) is 15.7. The Morgan fingerprint density at radius 1 is 0.893 bits per heavy atom. The van der Waals surface area contributed by atoms with Crippen LogP contribution >= 0.6 is 0 Å². The lowest BCUT2D eigenvalue weighted by molar-refractivity contribution is 0.102. The first-order valence-corrected chi connectivity index (χ1v) is 9.36. The molecule has 0 bridgehead atoms. The van der Waals surface area contributed by atoms with Gasteiger partial charge in [-0.05, 0) is 30.2 Å². The van der Waals surface area contributed by atoms with E-state index in [2.05, 4.69) is 12.2 Å². The fraction of sp³-hybridized carbons (Fsp3) is 0.0833. The van der Waals surface area contributed by atoms with Crippen LogP contribution in [0.5, 0.6) is 0 Å². The number of amides is 1. The third-order valence-electron chi connectivity index (χ3n) is 4.67. The van der Waals surface area contributed by atoms with Gasteiger partial charge in [0.1, 0.15) is 5.69 Å². The lowest BCUT2D eigenvalue weighted by atomic mass is 10.1. The van der Waals surface area contributed by atoms with Gasteiger partial charge < -0.3 is 5.32 Å². The molecule has 0 saturated carbocycles. The third kappa shape index (κ3) is 3.58. The van der Waals surface area contributed by atoms with Gasteiger partial charge >= 0.3 is 0 Å². The molecule has 0 unspecified atom stereocenters. The molecule has 0 atom stereocenters. The highest BCUT2D eigenvalue weighted by Crippen LogP contribution is 2.25. The Hall–Kier alpha value is -3.66. The van der Waals surface area contributed by atoms with E-state index in [1.807, 2.05) is 84.9 Å². The van der Waals surface area contributed by atoms with Gasteiger partial charge in [-0.1, -0.05) is 73.7 Å². The van der Waals surface area contributed by atoms with Crippen molar-refractivity contribution in [1.29, 1.82) is 0 Å². The molecule has 1 heterocycles. The number of nitrogens with zero attached hydrogens (tertiary/aromatic N) is 2. The highest BCUT2D eigenvalue weighted by atomic mass is 16.1. The maximum atomic E-state index is 13.2. The molecule has 138 valence electrons. The lowest BCUT2D eigenvalue weighted by Gasteiger charge is -2.09. The van der Waals surface area contributed by atoms with E-state index >= 15 is 0 Å². The summed E-state index contributed by atoms with van der Waals surface area (Å²) < 4.78 is 1.75. The van der Waals surface area contributed by atoms with Gasteiger partial charge in [0.2, 0.25) is 0 Å². The van der Waals surface area contributed by atoms with Crippen molar-refractivity contribution in [2.45, 2.75) is 13.3 Å². The van der Waals surface area contributed by atoms with Crippen LogP contribution in [0.4, 0.5) is 5.69 Å². The van der Waals surface area contributed by atoms with Crippen LogP contribution in [0.1, 0.15) is 22.8 Å². The van der Waals surface area contributed by atoms with Crippen LogP contribution in [0.25, 0.3) is 16.9 Å². The molecule has 4 heteroatoms. The molecular formula is C24H21N3O. The largest absolute Gasteiger partial charge is 0.322 e. The van der Waals surface area contributed by atoms with Crippen molar-refractivity contribution in [3.8, 4) is 16.9 Å². The topological polar surface area (TPSA) is 46.9 Å². The highest BCUT2D eigenvalue weighted by Gasteiger charge is 2.19. The van der Waals surface area contributed by atoms with Gasteiger partial charge in [0, 0.05) is 17.4 Å². The van der Waals surface area contributed by atoms with E-state index in [1.165, 1.54) is 0 Å². The van der Waals surface area contributed by atoms with Gasteiger partial charge in [0.15, 0.2) is 0 Å². The van der Waals surface area contributed by atoms with Crippen molar-refractivity contribution >= 4 is 11.6 Å². The molecule has 0 fully saturated rings. The fourth-order valence-corrected chi connectivity index (χ4v) is 3.20. The second-order valence-electron chi connectivity index (χ2n) is 6.50. The monoisotopic (exact) mass is 367 g/mol. The predicted molar refractivity (Wildman–Crippen MR) is 113 cm³/mol. The molecule has 0 aliphatic rings. The standard InChI is InChI=1S/C24H21N3O/c1-2-18-11-9-10-16-22(18)25-24(28)21-17-27(20-14-7-4-8-15-20)26-23(21)19-12-5-3-6-13-19/h3-17H,2H2,1H3,(H,25,28). The Bertz CT molecular complexity index is 1090. The van der Waals surface area contributed by atoms with Crippen LogP contribution in [0, 0.1) is 0 Å². The van der Waals surface area contributed by atoms with Gasteiger partial charge in [-0.15, -0.1) is 0 Å². The Balaban J connectivity index is 1.76. The minimum atomic E-state index is -0.165. The number of benzene rings is 3. The Morgan fingerprint density at radius 2 is 1.54 bits per heavy atom. The number of carbonyl (C=O) groups excluding carboxylic acids is 1. The first kappa shape index (κ1) is 17.7. The molecule has 4 aromatic rings. The van der Waals surface area contributed by atoms with E-state index in [4.69, 9.17) is 5.10 Å². The van der Waals surface area contributed by atoms with E-state index in [9.17, 15) is 4.79 Å². The molecule has 1 amide bonds. The number of rotatable bonds is 5. The molecule has 0 spiro atoms. The second-order valence-corrected chi connectivity index (χ2v) is 6.50. The number of hydrogen-bond donors (Lipinski definition) is 1. The summed E-state index contributed by atoms with van der Waals surface area (Å²) in [6.45, 7) is 2.08. The number of aryl methyl sites for hydroxylation is 1. The van der Waals surface area contributed by atoms with Crippen molar-refractivity contribution in [2.24, 2.45) is 0 Å². The van der Waals surface area contributed by atoms with Gasteiger partial charge in [0.05, 0.1) is 11.3 Å². The summed E-state index contributed by atoms with van der Waals surface area (Å²) in [6, 6.07) is 27.5. The maximum absolute atomic E-state index is 13.2. The number of carbonyl (C=O) groups is 1. The Kier molecular flexibility index (Phi) is 5.02. The van der Waals surface area contributed by atoms with Crippen LogP contribution in [0.15, 0.2) is 91.1 Å². The molecule has 0 radical (unpaired) electrons. The number of para-hydroxylation sites is 2. The lowest BCUT2D eigenvalue weighted by Crippen LogP contribution is -2.13. The van der Waals surface area contributed by atoms with E-state index in [-0.39, 0.29) is 5.91 Å². The maximum Gasteiger partial charge on any atom is 0.259 e. The van der Waals surface area contributed by atoms with Crippen molar-refractivity contribution in [3.63, 3.8) is 0 Å². The zero-order valence-electron chi connectivity index (χ0n) is 15.7. The molecular weight excluding hydrogens is 346 g/mol. The molecule has 1 aromatic heterocycles. The van der Waals surface area contributed by atoms with Crippen LogP contribution in [0.3, 0.4) is 0 Å². The molecule has 0 aliphatic carbocycles. The van der Waals surface area contributed by atoms with E-state index in [1.54, 1.807) is 10.9 Å². The van der Waals surface area contributed by atoms with Crippen molar-refractivity contribution in [3.05, 3.63) is 102 Å². The van der Waals surface area contributed by atoms with Gasteiger partial charge in [-0.2, -0.15) is 5.10 Å². The molecule has 1 N–H and O–H groups in total. The van der Waals surface area contributed by atoms with E-state index < -0.39 is 0 Å². The molecule has 4 rings (SSSR count). The van der Waals surface area contributed by atoms with Crippen molar-refractivity contribution in [1.82, 2.24) is 9.78 Å². The van der Waals surface area contributed by atoms with E-state index in [0.29, 0.717) is 11.3 Å². The average Bonchev–Trinajstić information content (AvgIpc) is 3.21. The minimum absolute atomic E-state index is 0.165. The summed E-state index contributed by atoms with van der Waals surface area (Å²) in [7, 11) is 0. The van der Waals surface area contributed by atoms with Crippen LogP contribution in [-0.4, -0.2) is 15.7 Å². The summed E-state index contributed by atoms with van der Waals surface area (Å²) in [5.41, 5.74) is 4.96. The van der Waals surface area contributed by atoms with Crippen LogP contribution < -0.4 is 5.32 Å². The summed E-state index contributed by atoms with van der Waals surface area (Å²) in [4.78, 5) is 13.2. The molecule has 3 aromatic carbocycles. The fourth-order valence-electron chi connectivity index (χ4n) is 3.20. The first-order valence-electron chi connectivity index (χ1n) is 9.36. The average molecular weight is 367 g/mol. The smallest absolute Gasteiger partial charge is 0.259 e. The second kappa shape index (κ2) is 7.92. The minimum Gasteiger partial charge on any atom is -0.322 e. The third-order valence-corrected chi connectivity index (χ3v) is 4.67. The summed E-state index contributed by atoms with van der Waals surface area (Å²) >= 11 is 0. The molecule has 0 aliphatic heterocycles. The van der Waals surface area contributed by atoms with Gasteiger partial charge in [0.25, 0.3) is 5.91 Å². The van der Waals surface area contributed by atoms with Gasteiger partial charge in [-0.25, -0.2) is 4.68 Å². The molecule has 28 heavy (non-hydrogen) atoms. The van der Waals surface area contributed by atoms with Crippen LogP contribution in [0.2, 0.25) is 0 Å². The summed E-state index contributed by atoms with van der Waals surface area (Å²) in [6.07, 6.45) is 2.65. The number of aromatic nitrogens is 2. The van der Waals surface area contributed by atoms with Gasteiger partial charge in [-0.3, -0.25) is 4.79 Å². The normalized spacial score (nSPS) is 10.6. The Morgan fingerprint density at radius 3 is 2.25 bits per heavy atom. The first-order chi connectivity index (χ1) is 13.8. The molecule has 4 nitrogen and oxygen atoms in total. The zero-order chi connectivity index (χ0) is 19.3. The summed E-state index contributed by atoms with van der Waals surface area (Å²) in [5.74, 6) is -0.165. The number of nitrogens with one attached hydrogen (secondary N) is 1. The SMILES string of the molecule is CCc1ccccc1NC(=O)c1cn(-c2ccccc2)nc1-c1ccccc1. The summed E-state index contributed by atoms with van der Waals surface area (Å²) in [5, 5.41) is 7.77. The molecule has 0 saturated heterocycles. The van der Waals surface area contributed by atoms with Crippen LogP contribution in [-0.2, 0) is 6.42 Å². The van der Waals surface area contributed by atoms with E-state index in [0.717, 1.165) is 28.9 Å². The Labute approximate surface area is 164 Å². The quantitative estimate of drug-likeness (QED) is 0.516. The van der Waals surface area contributed by atoms with Crippen molar-refractivity contribution < 1.29 is 4.79 Å². The van der Waals surface area contributed by atoms with Crippen molar-refractivity contribution in [2.75, 3.05) is 5.32 Å². The highest BCUT2D eigenvalue weighted by molar-refractivity contribution is 6.08. The predicted octanol–water partition coefficient (Wildman–Crippen LogP) is 5.35. The number of anilines is 1.